The summed E-state index contributed by atoms with van der Waals surface area (Å²) < 4.78 is 68.6. The molecule has 0 aliphatic rings. The van der Waals surface area contributed by atoms with Gasteiger partial charge in [0.15, 0.2) is 12.2 Å². The first-order valence-electron chi connectivity index (χ1n) is 42.0. The van der Waals surface area contributed by atoms with E-state index in [1.165, 1.54) is 238 Å². The van der Waals surface area contributed by atoms with Crippen LogP contribution < -0.4 is 0 Å². The Morgan fingerprint density at radius 2 is 0.510 bits per heavy atom. The lowest BCUT2D eigenvalue weighted by molar-refractivity contribution is -0.161. The number of carbonyl (C=O) groups is 4. The molecule has 0 heterocycles. The molecule has 0 aliphatic heterocycles. The van der Waals surface area contributed by atoms with Crippen molar-refractivity contribution in [2.75, 3.05) is 39.6 Å². The molecule has 0 amide bonds. The molecule has 0 spiro atoms. The first-order chi connectivity index (χ1) is 48.4. The number of carbonyl (C=O) groups excluding carboxylic acids is 4. The minimum absolute atomic E-state index is 0.106. The van der Waals surface area contributed by atoms with Gasteiger partial charge in [-0.1, -0.05) is 375 Å². The molecule has 6 atom stereocenters. The second-order valence-corrected chi connectivity index (χ2v) is 32.8. The van der Waals surface area contributed by atoms with Crippen molar-refractivity contribution in [2.45, 2.75) is 445 Å². The molecule has 0 bridgehead atoms. The highest BCUT2D eigenvalue weighted by molar-refractivity contribution is 7.47. The molecule has 0 rings (SSSR count). The van der Waals surface area contributed by atoms with Gasteiger partial charge >= 0.3 is 39.5 Å². The number of ether oxygens (including phenoxy) is 4. The van der Waals surface area contributed by atoms with E-state index < -0.39 is 97.5 Å². The molecular weight excluding hydrogens is 1310 g/mol. The van der Waals surface area contributed by atoms with E-state index in [2.05, 4.69) is 41.5 Å². The Balaban J connectivity index is 5.20. The van der Waals surface area contributed by atoms with E-state index in [4.69, 9.17) is 37.0 Å². The number of phosphoric acid groups is 2. The Bertz CT molecular complexity index is 1930. The first kappa shape index (κ1) is 98.1. The largest absolute Gasteiger partial charge is 0.472 e. The van der Waals surface area contributed by atoms with Crippen LogP contribution in [0, 0.1) is 11.8 Å². The summed E-state index contributed by atoms with van der Waals surface area (Å²) in [5.41, 5.74) is 0. The van der Waals surface area contributed by atoms with E-state index in [0.717, 1.165) is 102 Å². The Labute approximate surface area is 613 Å². The van der Waals surface area contributed by atoms with Crippen molar-refractivity contribution in [1.82, 2.24) is 0 Å². The third-order valence-electron chi connectivity index (χ3n) is 19.3. The van der Waals surface area contributed by atoms with Crippen LogP contribution in [-0.4, -0.2) is 96.7 Å². The highest BCUT2D eigenvalue weighted by atomic mass is 31.2. The van der Waals surface area contributed by atoms with Gasteiger partial charge in [-0.05, 0) is 37.5 Å². The fourth-order valence-corrected chi connectivity index (χ4v) is 14.1. The summed E-state index contributed by atoms with van der Waals surface area (Å²) in [4.78, 5) is 72.9. The van der Waals surface area contributed by atoms with Crippen LogP contribution >= 0.6 is 15.6 Å². The molecule has 0 fully saturated rings. The molecule has 0 aromatic heterocycles. The van der Waals surface area contributed by atoms with Gasteiger partial charge in [-0.3, -0.25) is 37.3 Å². The lowest BCUT2D eigenvalue weighted by atomic mass is 9.99. The van der Waals surface area contributed by atoms with E-state index in [-0.39, 0.29) is 25.7 Å². The number of aliphatic hydroxyl groups is 1. The summed E-state index contributed by atoms with van der Waals surface area (Å²) in [7, 11) is -9.92. The number of unbranched alkanes of at least 4 members (excludes halogenated alkanes) is 49. The molecule has 594 valence electrons. The molecule has 17 nitrogen and oxygen atoms in total. The molecule has 0 radical (unpaired) electrons. The maximum absolute atomic E-state index is 13.1. The first-order valence-corrected chi connectivity index (χ1v) is 45.0. The van der Waals surface area contributed by atoms with Crippen molar-refractivity contribution in [1.29, 1.82) is 0 Å². The topological polar surface area (TPSA) is 237 Å². The van der Waals surface area contributed by atoms with Crippen molar-refractivity contribution >= 4 is 39.5 Å². The summed E-state index contributed by atoms with van der Waals surface area (Å²) in [6, 6.07) is 0. The number of hydrogen-bond donors (Lipinski definition) is 3. The van der Waals surface area contributed by atoms with E-state index in [0.29, 0.717) is 31.6 Å². The van der Waals surface area contributed by atoms with Crippen molar-refractivity contribution in [3.63, 3.8) is 0 Å². The monoisotopic (exact) mass is 1470 g/mol. The quantitative estimate of drug-likeness (QED) is 0.0222. The lowest BCUT2D eigenvalue weighted by Crippen LogP contribution is -2.30. The van der Waals surface area contributed by atoms with Crippen LogP contribution in [0.5, 0.6) is 0 Å². The predicted octanol–water partition coefficient (Wildman–Crippen LogP) is 24.3. The minimum Gasteiger partial charge on any atom is -0.462 e. The van der Waals surface area contributed by atoms with Gasteiger partial charge in [0, 0.05) is 25.7 Å². The van der Waals surface area contributed by atoms with E-state index in [9.17, 15) is 43.2 Å². The zero-order chi connectivity index (χ0) is 73.5. The van der Waals surface area contributed by atoms with E-state index >= 15 is 0 Å². The molecule has 3 unspecified atom stereocenters. The molecule has 0 aliphatic carbocycles. The predicted molar refractivity (Wildman–Crippen MR) is 409 cm³/mol. The number of aliphatic hydroxyl groups excluding tert-OH is 1. The minimum atomic E-state index is -4.96. The fourth-order valence-electron chi connectivity index (χ4n) is 12.5. The summed E-state index contributed by atoms with van der Waals surface area (Å²) in [5, 5.41) is 10.6. The number of phosphoric ester groups is 2. The van der Waals surface area contributed by atoms with Crippen LogP contribution in [0.4, 0.5) is 0 Å². The van der Waals surface area contributed by atoms with Crippen molar-refractivity contribution < 1.29 is 80.2 Å². The smallest absolute Gasteiger partial charge is 0.462 e. The Morgan fingerprint density at radius 3 is 0.760 bits per heavy atom. The van der Waals surface area contributed by atoms with Gasteiger partial charge in [-0.15, -0.1) is 0 Å². The van der Waals surface area contributed by atoms with Crippen LogP contribution in [0.25, 0.3) is 0 Å². The zero-order valence-corrected chi connectivity index (χ0v) is 67.3. The number of esters is 4. The normalized spacial score (nSPS) is 14.2. The Morgan fingerprint density at radius 1 is 0.290 bits per heavy atom. The third kappa shape index (κ3) is 73.0. The van der Waals surface area contributed by atoms with E-state index in [1.54, 1.807) is 0 Å². The highest BCUT2D eigenvalue weighted by Gasteiger charge is 2.30. The van der Waals surface area contributed by atoms with Gasteiger partial charge in [0.25, 0.3) is 0 Å². The number of rotatable bonds is 80. The fraction of sp³-hybridized carbons (Fsp3) is 0.951. The highest BCUT2D eigenvalue weighted by Crippen LogP contribution is 2.45. The van der Waals surface area contributed by atoms with Crippen LogP contribution in [0.3, 0.4) is 0 Å². The summed E-state index contributed by atoms with van der Waals surface area (Å²) in [5.74, 6) is -0.582. The molecule has 0 saturated carbocycles. The number of hydrogen-bond acceptors (Lipinski definition) is 15. The molecule has 100 heavy (non-hydrogen) atoms. The average Bonchev–Trinajstić information content (AvgIpc) is 0.982. The van der Waals surface area contributed by atoms with Crippen LogP contribution in [0.1, 0.15) is 427 Å². The van der Waals surface area contributed by atoms with Crippen LogP contribution in [0.15, 0.2) is 0 Å². The van der Waals surface area contributed by atoms with Gasteiger partial charge in [0.05, 0.1) is 26.4 Å². The lowest BCUT2D eigenvalue weighted by Gasteiger charge is -2.21. The maximum Gasteiger partial charge on any atom is 0.472 e. The Hall–Kier alpha value is -1.94. The molecule has 0 aromatic carbocycles. The van der Waals surface area contributed by atoms with E-state index in [1.807, 2.05) is 0 Å². The molecular formula is C81H158O17P2. The average molecular weight is 1470 g/mol. The summed E-state index contributed by atoms with van der Waals surface area (Å²) in [6.07, 6.45) is 62.6. The van der Waals surface area contributed by atoms with Gasteiger partial charge < -0.3 is 33.8 Å². The zero-order valence-electron chi connectivity index (χ0n) is 65.5. The van der Waals surface area contributed by atoms with Crippen molar-refractivity contribution in [3.05, 3.63) is 0 Å². The Kier molecular flexibility index (Phi) is 71.2. The van der Waals surface area contributed by atoms with Crippen LogP contribution in [-0.2, 0) is 65.4 Å². The summed E-state index contributed by atoms with van der Waals surface area (Å²) >= 11 is 0. The third-order valence-corrected chi connectivity index (χ3v) is 21.2. The second kappa shape index (κ2) is 72.6. The molecule has 19 heteroatoms. The second-order valence-electron chi connectivity index (χ2n) is 29.9. The molecule has 0 aromatic rings. The molecule has 0 saturated heterocycles. The van der Waals surface area contributed by atoms with Gasteiger partial charge in [-0.25, -0.2) is 9.13 Å². The van der Waals surface area contributed by atoms with Gasteiger partial charge in [-0.2, -0.15) is 0 Å². The van der Waals surface area contributed by atoms with Gasteiger partial charge in [0.2, 0.25) is 0 Å². The van der Waals surface area contributed by atoms with Crippen LogP contribution in [0.2, 0.25) is 0 Å². The maximum atomic E-state index is 13.1. The van der Waals surface area contributed by atoms with Gasteiger partial charge in [0.1, 0.15) is 19.3 Å². The van der Waals surface area contributed by atoms with Crippen molar-refractivity contribution in [3.8, 4) is 0 Å². The molecule has 3 N–H and O–H groups in total. The SMILES string of the molecule is CCCCCCCCCCCCCCCCCCCCCCCC(=O)O[C@H](COC(=O)CCCCCCCCCCCCCCCCC(C)CC)COP(=O)(O)OC[C@@H](O)COP(=O)(O)OC[C@@H](COC(=O)CCCCCCCCC(C)C)OC(=O)CCCCCCCCCCCCCC. The summed E-state index contributed by atoms with van der Waals surface area (Å²) in [6.45, 7) is 9.60. The standard InChI is InChI=1S/C81H158O17P2/c1-7-10-12-14-16-18-20-22-23-24-25-26-27-28-29-34-38-42-46-54-60-66-81(86)97-76(69-91-78(83)63-57-51-44-40-37-33-31-30-32-35-39-43-50-56-62-74(6)9-3)71-95-99(87,88)93-67-75(82)68-94-100(89,90)96-72-77(70-92-79(84)64-58-52-48-47-49-55-61-73(4)5)98-80(85)65-59-53-45-41-36-21-19-17-15-13-11-8-2/h73-77,82H,7-72H2,1-6H3,(H,87,88)(H,89,90)/t74?,75-,76-,77-/m1/s1. The van der Waals surface area contributed by atoms with Crippen molar-refractivity contribution in [2.24, 2.45) is 11.8 Å².